The summed E-state index contributed by atoms with van der Waals surface area (Å²) in [4.78, 5) is 12.5. The fourth-order valence-electron chi connectivity index (χ4n) is 2.48. The Labute approximate surface area is 157 Å². The summed E-state index contributed by atoms with van der Waals surface area (Å²) in [6, 6.07) is 8.77. The number of rotatable bonds is 3. The summed E-state index contributed by atoms with van der Waals surface area (Å²) < 4.78 is 5.80. The molecule has 4 rings (SSSR count). The van der Waals surface area contributed by atoms with Crippen LogP contribution >= 0.6 is 23.2 Å². The van der Waals surface area contributed by atoms with Crippen molar-refractivity contribution in [3.05, 3.63) is 51.7 Å². The van der Waals surface area contributed by atoms with E-state index in [1.54, 1.807) is 43.3 Å². The fourth-order valence-corrected chi connectivity index (χ4v) is 2.87. The first-order valence-corrected chi connectivity index (χ1v) is 8.19. The number of hydrogen-bond acceptors (Lipinski definition) is 6. The Morgan fingerprint density at radius 3 is 2.85 bits per heavy atom. The lowest BCUT2D eigenvalue weighted by Gasteiger charge is -2.04. The largest absolute Gasteiger partial charge is 0.457 e. The number of amides is 1. The summed E-state index contributed by atoms with van der Waals surface area (Å²) in [5.74, 6) is 0.717. The van der Waals surface area contributed by atoms with Gasteiger partial charge in [-0.2, -0.15) is 15.3 Å². The molecule has 1 N–H and O–H groups in total. The highest BCUT2D eigenvalue weighted by Crippen LogP contribution is 2.34. The molecule has 0 saturated heterocycles. The van der Waals surface area contributed by atoms with Crippen molar-refractivity contribution < 1.29 is 9.21 Å². The maximum absolute atomic E-state index is 12.5. The van der Waals surface area contributed by atoms with Crippen LogP contribution in [-0.4, -0.2) is 32.2 Å². The first-order chi connectivity index (χ1) is 12.5. The van der Waals surface area contributed by atoms with Crippen molar-refractivity contribution in [2.75, 3.05) is 5.01 Å². The Morgan fingerprint density at radius 2 is 2.08 bits per heavy atom. The Kier molecular flexibility index (Phi) is 4.06. The number of halogens is 2. The third-order valence-corrected chi connectivity index (χ3v) is 4.54. The number of anilines is 1. The Hall–Kier alpha value is -2.97. The van der Waals surface area contributed by atoms with Crippen LogP contribution in [0.4, 0.5) is 5.95 Å². The second kappa shape index (κ2) is 6.40. The van der Waals surface area contributed by atoms with Crippen LogP contribution in [-0.2, 0) is 4.79 Å². The van der Waals surface area contributed by atoms with Crippen LogP contribution in [0.1, 0.15) is 12.7 Å². The number of benzene rings is 1. The number of carbonyl (C=O) groups is 1. The van der Waals surface area contributed by atoms with E-state index in [-0.39, 0.29) is 11.9 Å². The molecule has 1 aliphatic rings. The van der Waals surface area contributed by atoms with E-state index < -0.39 is 0 Å². The van der Waals surface area contributed by atoms with E-state index in [9.17, 15) is 4.79 Å². The predicted octanol–water partition coefficient (Wildman–Crippen LogP) is 3.57. The molecule has 1 aliphatic heterocycles. The number of nitrogens with one attached hydrogen (secondary N) is 1. The van der Waals surface area contributed by atoms with E-state index in [1.807, 2.05) is 0 Å². The van der Waals surface area contributed by atoms with E-state index in [2.05, 4.69) is 25.7 Å². The molecule has 0 radical (unpaired) electrons. The summed E-state index contributed by atoms with van der Waals surface area (Å²) in [5.41, 5.74) is 1.55. The second-order valence-corrected chi connectivity index (χ2v) is 6.16. The third kappa shape index (κ3) is 2.79. The number of aromatic amines is 1. The predicted molar refractivity (Wildman–Crippen MR) is 96.9 cm³/mol. The summed E-state index contributed by atoms with van der Waals surface area (Å²) in [7, 11) is 0. The number of nitrogens with zero attached hydrogens (tertiary/aromatic N) is 5. The van der Waals surface area contributed by atoms with Crippen molar-refractivity contribution in [3.8, 4) is 11.3 Å². The van der Waals surface area contributed by atoms with Crippen molar-refractivity contribution >= 4 is 46.8 Å². The zero-order valence-corrected chi connectivity index (χ0v) is 14.8. The molecule has 2 aromatic heterocycles. The van der Waals surface area contributed by atoms with E-state index >= 15 is 0 Å². The van der Waals surface area contributed by atoms with Gasteiger partial charge in [0.05, 0.1) is 21.3 Å². The average Bonchev–Trinajstić information content (AvgIpc) is 3.35. The minimum atomic E-state index is -0.373. The van der Waals surface area contributed by atoms with Crippen LogP contribution in [0.2, 0.25) is 10.0 Å². The van der Waals surface area contributed by atoms with E-state index in [4.69, 9.17) is 27.6 Å². The summed E-state index contributed by atoms with van der Waals surface area (Å²) >= 11 is 12.3. The number of furan rings is 1. The standard InChI is InChI=1S/C16H10Cl2N6O2/c1-8-11(15(25)24(21-8)16-19-22-23-20-16)7-9-5-6-13(26-9)10-3-2-4-12(17)14(10)18/h2-7H,1H3,(H,19,20,22,23)/b11-7+. The van der Waals surface area contributed by atoms with E-state index in [0.717, 1.165) is 5.01 Å². The lowest BCUT2D eigenvalue weighted by molar-refractivity contribution is -0.114. The number of H-pyrrole nitrogens is 1. The molecular formula is C16H10Cl2N6O2. The second-order valence-electron chi connectivity index (χ2n) is 5.38. The van der Waals surface area contributed by atoms with Gasteiger partial charge in [-0.1, -0.05) is 34.4 Å². The number of tetrazole rings is 1. The molecular weight excluding hydrogens is 379 g/mol. The van der Waals surface area contributed by atoms with Crippen LogP contribution in [0.5, 0.6) is 0 Å². The maximum atomic E-state index is 12.5. The summed E-state index contributed by atoms with van der Waals surface area (Å²) in [6.07, 6.45) is 1.60. The Bertz CT molecular complexity index is 1050. The third-order valence-electron chi connectivity index (χ3n) is 3.72. The molecule has 0 bridgehead atoms. The minimum absolute atomic E-state index is 0.0728. The normalized spacial score (nSPS) is 15.8. The molecule has 1 amide bonds. The number of hydrogen-bond donors (Lipinski definition) is 1. The molecule has 0 aliphatic carbocycles. The lowest BCUT2D eigenvalue weighted by atomic mass is 10.1. The number of hydrazone groups is 1. The van der Waals surface area contributed by atoms with Gasteiger partial charge >= 0.3 is 0 Å². The van der Waals surface area contributed by atoms with Crippen LogP contribution in [0, 0.1) is 0 Å². The van der Waals surface area contributed by atoms with Gasteiger partial charge < -0.3 is 4.42 Å². The van der Waals surface area contributed by atoms with Crippen LogP contribution in [0.3, 0.4) is 0 Å². The van der Waals surface area contributed by atoms with Gasteiger partial charge in [0.1, 0.15) is 11.5 Å². The van der Waals surface area contributed by atoms with Gasteiger partial charge in [-0.25, -0.2) is 0 Å². The quantitative estimate of drug-likeness (QED) is 0.691. The molecule has 130 valence electrons. The molecule has 0 fully saturated rings. The highest BCUT2D eigenvalue weighted by atomic mass is 35.5. The smallest absolute Gasteiger partial charge is 0.293 e. The lowest BCUT2D eigenvalue weighted by Crippen LogP contribution is -2.22. The van der Waals surface area contributed by atoms with Gasteiger partial charge in [0.15, 0.2) is 0 Å². The summed E-state index contributed by atoms with van der Waals surface area (Å²) in [6.45, 7) is 1.71. The fraction of sp³-hybridized carbons (Fsp3) is 0.0625. The van der Waals surface area contributed by atoms with Gasteiger partial charge in [-0.15, -0.1) is 5.10 Å². The highest BCUT2D eigenvalue weighted by Gasteiger charge is 2.31. The zero-order chi connectivity index (χ0) is 18.3. The van der Waals surface area contributed by atoms with E-state index in [1.165, 1.54) is 0 Å². The van der Waals surface area contributed by atoms with Crippen LogP contribution in [0.15, 0.2) is 45.4 Å². The van der Waals surface area contributed by atoms with Crippen molar-refractivity contribution in [2.45, 2.75) is 6.92 Å². The average molecular weight is 389 g/mol. The van der Waals surface area contributed by atoms with Gasteiger partial charge in [-0.05, 0) is 42.5 Å². The monoisotopic (exact) mass is 388 g/mol. The highest BCUT2D eigenvalue weighted by molar-refractivity contribution is 6.43. The van der Waals surface area contributed by atoms with Gasteiger partial charge in [-0.3, -0.25) is 4.79 Å². The maximum Gasteiger partial charge on any atom is 0.293 e. The molecule has 0 atom stereocenters. The first kappa shape index (κ1) is 16.5. The summed E-state index contributed by atoms with van der Waals surface area (Å²) in [5, 5.41) is 19.3. The number of aromatic nitrogens is 4. The van der Waals surface area contributed by atoms with Crippen LogP contribution < -0.4 is 5.01 Å². The van der Waals surface area contributed by atoms with Gasteiger partial charge in [0, 0.05) is 5.56 Å². The number of carbonyl (C=O) groups excluding carboxylic acids is 1. The zero-order valence-electron chi connectivity index (χ0n) is 13.3. The molecule has 1 aromatic carbocycles. The molecule has 26 heavy (non-hydrogen) atoms. The Balaban J connectivity index is 1.66. The van der Waals surface area contributed by atoms with Gasteiger partial charge in [0.25, 0.3) is 11.9 Å². The first-order valence-electron chi connectivity index (χ1n) is 7.44. The molecule has 8 nitrogen and oxygen atoms in total. The molecule has 10 heteroatoms. The van der Waals surface area contributed by atoms with Crippen molar-refractivity contribution in [2.24, 2.45) is 5.10 Å². The minimum Gasteiger partial charge on any atom is -0.457 e. The molecule has 0 spiro atoms. The van der Waals surface area contributed by atoms with E-state index in [0.29, 0.717) is 38.4 Å². The molecule has 0 saturated carbocycles. The topological polar surface area (TPSA) is 100 Å². The Morgan fingerprint density at radius 1 is 1.23 bits per heavy atom. The van der Waals surface area contributed by atoms with Crippen molar-refractivity contribution in [1.82, 2.24) is 20.6 Å². The van der Waals surface area contributed by atoms with Crippen molar-refractivity contribution in [1.29, 1.82) is 0 Å². The molecule has 3 heterocycles. The van der Waals surface area contributed by atoms with Crippen molar-refractivity contribution in [3.63, 3.8) is 0 Å². The SMILES string of the molecule is CC1=NN(c2nn[nH]n2)C(=O)/C1=C/c1ccc(-c2cccc(Cl)c2Cl)o1. The molecule has 0 unspecified atom stereocenters. The molecule has 3 aromatic rings. The van der Waals surface area contributed by atoms with Crippen LogP contribution in [0.25, 0.3) is 17.4 Å². The van der Waals surface area contributed by atoms with Gasteiger partial charge in [0.2, 0.25) is 0 Å².